The molecule has 0 aliphatic heterocycles. The molecule has 4 heterocycles. The fraction of sp³-hybridized carbons (Fsp3) is 0.450. The van der Waals surface area contributed by atoms with Gasteiger partial charge in [-0.1, -0.05) is 181 Å². The normalized spacial score (nSPS) is 12.1. The van der Waals surface area contributed by atoms with Gasteiger partial charge in [-0.15, -0.1) is 0 Å². The van der Waals surface area contributed by atoms with Crippen molar-refractivity contribution < 1.29 is 18.3 Å². The monoisotopic (exact) mass is 1250 g/mol. The Morgan fingerprint density at radius 1 is 0.341 bits per heavy atom. The molecule has 0 saturated heterocycles. The zero-order chi connectivity index (χ0) is 66.7. The van der Waals surface area contributed by atoms with Crippen LogP contribution in [0.15, 0.2) is 122 Å². The Morgan fingerprint density at radius 2 is 0.636 bits per heavy atom. The summed E-state index contributed by atoms with van der Waals surface area (Å²) in [6, 6.07) is 37.3. The summed E-state index contributed by atoms with van der Waals surface area (Å²) in [6.45, 7) is 65.0. The van der Waals surface area contributed by atoms with Gasteiger partial charge in [0.2, 0.25) is 22.8 Å². The molecule has 0 radical (unpaired) electrons. The molecule has 0 bridgehead atoms. The molecule has 0 unspecified atom stereocenters. The molecule has 472 valence electrons. The maximum Gasteiger partial charge on any atom is 0.212 e. The molecule has 0 N–H and O–H groups in total. The highest BCUT2D eigenvalue weighted by Gasteiger charge is 2.29. The number of hydrogen-bond donors (Lipinski definition) is 0. The second-order valence-corrected chi connectivity index (χ2v) is 52.2. The molecule has 8 rings (SSSR count). The van der Waals surface area contributed by atoms with Crippen LogP contribution < -0.4 is 39.0 Å². The molecule has 8 heteroatoms. The van der Waals surface area contributed by atoms with E-state index >= 15 is 0 Å². The van der Waals surface area contributed by atoms with Gasteiger partial charge in [0.15, 0.2) is 24.8 Å². The van der Waals surface area contributed by atoms with Crippen LogP contribution in [0.1, 0.15) is 121 Å². The first-order valence-corrected chi connectivity index (χ1v) is 46.7. The van der Waals surface area contributed by atoms with Crippen molar-refractivity contribution in [2.24, 2.45) is 34.1 Å². The van der Waals surface area contributed by atoms with E-state index in [2.05, 4.69) is 358 Å². The van der Waals surface area contributed by atoms with Crippen LogP contribution >= 0.6 is 0 Å². The molecule has 4 nitrogen and oxygen atoms in total. The quantitative estimate of drug-likeness (QED) is 0.0906. The summed E-state index contributed by atoms with van der Waals surface area (Å²) >= 11 is 0. The van der Waals surface area contributed by atoms with E-state index in [1.54, 1.807) is 20.7 Å². The first kappa shape index (κ1) is 73.1. The van der Waals surface area contributed by atoms with Crippen LogP contribution in [0.3, 0.4) is 0 Å². The van der Waals surface area contributed by atoms with Crippen LogP contribution in [0.4, 0.5) is 0 Å². The van der Waals surface area contributed by atoms with Crippen molar-refractivity contribution in [2.75, 3.05) is 0 Å². The Labute approximate surface area is 542 Å². The number of aryl methyl sites for hydroxylation is 13. The van der Waals surface area contributed by atoms with Crippen LogP contribution in [-0.2, 0) is 40.0 Å². The number of nitrogens with zero attached hydrogens (tertiary/aromatic N) is 4. The first-order chi connectivity index (χ1) is 40.3. The van der Waals surface area contributed by atoms with E-state index in [9.17, 15) is 0 Å². The van der Waals surface area contributed by atoms with Gasteiger partial charge >= 0.3 is 0 Å². The molecule has 8 aromatic rings. The van der Waals surface area contributed by atoms with Gasteiger partial charge < -0.3 is 0 Å². The fourth-order valence-corrected chi connectivity index (χ4v) is 20.2. The smallest absolute Gasteiger partial charge is 0.201 e. The number of pyridine rings is 4. The van der Waals surface area contributed by atoms with E-state index in [0.29, 0.717) is 11.8 Å². The van der Waals surface area contributed by atoms with Crippen molar-refractivity contribution in [3.63, 3.8) is 0 Å². The van der Waals surface area contributed by atoms with E-state index < -0.39 is 32.3 Å². The maximum absolute atomic E-state index is 2.44. The molecule has 0 atom stereocenters. The van der Waals surface area contributed by atoms with Gasteiger partial charge in [-0.3, -0.25) is 0 Å². The Morgan fingerprint density at radius 3 is 0.909 bits per heavy atom. The zero-order valence-corrected chi connectivity index (χ0v) is 65.7. The van der Waals surface area contributed by atoms with Crippen LogP contribution in [0.2, 0.25) is 78.6 Å². The fourth-order valence-electron chi connectivity index (χ4n) is 12.9. The van der Waals surface area contributed by atoms with E-state index in [-0.39, 0.29) is 5.41 Å². The first-order valence-electron chi connectivity index (χ1n) is 32.7. The predicted molar refractivity (Wildman–Crippen MR) is 398 cm³/mol. The minimum absolute atomic E-state index is 0.197. The second-order valence-electron chi connectivity index (χ2n) is 32.0. The highest BCUT2D eigenvalue weighted by molar-refractivity contribution is 6.90. The van der Waals surface area contributed by atoms with Crippen LogP contribution in [-0.4, -0.2) is 32.3 Å². The summed E-state index contributed by atoms with van der Waals surface area (Å²) in [5.74, 6) is 1.28. The highest BCUT2D eigenvalue weighted by Crippen LogP contribution is 2.30. The largest absolute Gasteiger partial charge is 0.212 e. The summed E-state index contributed by atoms with van der Waals surface area (Å²) in [4.78, 5) is 0. The number of hydrogen-bond acceptors (Lipinski definition) is 0. The molecule has 4 aromatic carbocycles. The van der Waals surface area contributed by atoms with E-state index in [1.165, 1.54) is 112 Å². The van der Waals surface area contributed by atoms with Crippen LogP contribution in [0.5, 0.6) is 0 Å². The lowest BCUT2D eigenvalue weighted by Crippen LogP contribution is -2.44. The standard InChI is InChI=1S/2C21H32NSi.C20H30NSi.C18H26NSi/c1-15-12-17(21(3,4)5)10-11-18(15)19-13-20(23(7,8)9)16(2)14-22(19)6;1-15(2)11-18-9-10-19(16(3)12-18)20-13-21(23(6,7)8)17(4)14-22(20)5;1-14(2)17-9-10-18(15(3)11-17)19-12-20(22(6,7)8)16(4)13-21(19)5;1-13-8-9-16(14(2)10-13)17-11-18(20(5,6)7)15(3)12-19(17)4/h10-14H,1-9H3;9-10,12-15H,11H2,1-8H3;9-14H,1-8H3;8-12H,1-7H3/q4*+1. The van der Waals surface area contributed by atoms with Crippen molar-refractivity contribution in [1.82, 2.24) is 0 Å². The van der Waals surface area contributed by atoms with Gasteiger partial charge in [-0.05, 0) is 170 Å². The van der Waals surface area contributed by atoms with Gasteiger partial charge in [0.1, 0.15) is 28.2 Å². The Hall–Kier alpha value is -5.65. The van der Waals surface area contributed by atoms with Gasteiger partial charge in [-0.2, -0.15) is 0 Å². The molecule has 88 heavy (non-hydrogen) atoms. The Balaban J connectivity index is 0.000000214. The lowest BCUT2D eigenvalue weighted by molar-refractivity contribution is -0.660. The summed E-state index contributed by atoms with van der Waals surface area (Å²) < 4.78 is 9.09. The van der Waals surface area contributed by atoms with E-state index in [0.717, 1.165) is 6.42 Å². The van der Waals surface area contributed by atoms with Crippen LogP contribution in [0, 0.1) is 68.2 Å². The minimum atomic E-state index is -1.34. The lowest BCUT2D eigenvalue weighted by atomic mass is 9.85. The number of aromatic nitrogens is 4. The van der Waals surface area contributed by atoms with Gasteiger partial charge in [0.25, 0.3) is 0 Å². The van der Waals surface area contributed by atoms with Gasteiger partial charge in [0, 0.05) is 68.8 Å². The highest BCUT2D eigenvalue weighted by atomic mass is 28.3. The molecular formula is C80H120N4Si4+4. The number of rotatable bonds is 11. The van der Waals surface area contributed by atoms with Crippen molar-refractivity contribution in [2.45, 2.75) is 207 Å². The van der Waals surface area contributed by atoms with Gasteiger partial charge in [-0.25, -0.2) is 18.3 Å². The maximum atomic E-state index is 2.44. The predicted octanol–water partition coefficient (Wildman–Crippen LogP) is 17.3. The molecule has 4 aromatic heterocycles. The topological polar surface area (TPSA) is 15.5 Å². The molecule has 0 fully saturated rings. The third kappa shape index (κ3) is 18.7. The Bertz CT molecular complexity index is 3770. The summed E-state index contributed by atoms with van der Waals surface area (Å²) in [5.41, 5.74) is 27.6. The number of benzene rings is 4. The van der Waals surface area contributed by atoms with E-state index in [4.69, 9.17) is 0 Å². The second kappa shape index (κ2) is 28.7. The molecule has 0 spiro atoms. The molecular weight excluding hydrogens is 1130 g/mol. The average molecular weight is 1250 g/mol. The van der Waals surface area contributed by atoms with Crippen molar-refractivity contribution in [3.8, 4) is 45.0 Å². The average Bonchev–Trinajstić information content (AvgIpc) is 1.09. The Kier molecular flexibility index (Phi) is 23.8. The van der Waals surface area contributed by atoms with Crippen molar-refractivity contribution in [3.05, 3.63) is 189 Å². The van der Waals surface area contributed by atoms with Crippen molar-refractivity contribution >= 4 is 53.0 Å². The summed E-state index contributed by atoms with van der Waals surface area (Å²) in [6.07, 6.45) is 10.3. The lowest BCUT2D eigenvalue weighted by Gasteiger charge is -2.21. The molecule has 0 saturated carbocycles. The van der Waals surface area contributed by atoms with E-state index in [1.807, 2.05) is 0 Å². The van der Waals surface area contributed by atoms with Gasteiger partial charge in [0.05, 0.1) is 32.3 Å². The SMILES string of the molecule is Cc1cc(C(C)(C)C)ccc1-c1cc([Si](C)(C)C)c(C)c[n+]1C.Cc1cc(C(C)C)ccc1-c1cc([Si](C)(C)C)c(C)c[n+]1C.Cc1cc(CC(C)C)ccc1-c1cc([Si](C)(C)C)c(C)c[n+]1C.Cc1ccc(-c2cc([Si](C)(C)C)c(C)c[n+]2C)c(C)c1. The third-order valence-corrected chi connectivity index (χ3v) is 26.2. The third-order valence-electron chi connectivity index (χ3n) is 17.6. The zero-order valence-electron chi connectivity index (χ0n) is 61.7. The summed E-state index contributed by atoms with van der Waals surface area (Å²) in [5, 5.41) is 6.25. The van der Waals surface area contributed by atoms with Crippen LogP contribution in [0.25, 0.3) is 45.0 Å². The minimum Gasteiger partial charge on any atom is -0.201 e. The summed E-state index contributed by atoms with van der Waals surface area (Å²) in [7, 11) is 3.34. The molecule has 0 aliphatic rings. The molecule has 0 amide bonds. The molecule has 0 aliphatic carbocycles. The van der Waals surface area contributed by atoms with Crippen molar-refractivity contribution in [1.29, 1.82) is 0 Å².